The van der Waals surface area contributed by atoms with E-state index in [1.165, 1.54) is 37.0 Å². The Morgan fingerprint density at radius 1 is 1.33 bits per heavy atom. The van der Waals surface area contributed by atoms with Crippen LogP contribution >= 0.6 is 11.3 Å². The van der Waals surface area contributed by atoms with Crippen molar-refractivity contribution in [1.82, 2.24) is 5.43 Å². The van der Waals surface area contributed by atoms with Crippen LogP contribution in [0.1, 0.15) is 53.6 Å². The van der Waals surface area contributed by atoms with Crippen molar-refractivity contribution in [2.24, 2.45) is 5.84 Å². The van der Waals surface area contributed by atoms with Crippen molar-refractivity contribution >= 4 is 17.2 Å². The summed E-state index contributed by atoms with van der Waals surface area (Å²) in [6.07, 6.45) is 6.21. The summed E-state index contributed by atoms with van der Waals surface area (Å²) in [5.74, 6) is 4.82. The Hall–Kier alpha value is -0.910. The maximum absolute atomic E-state index is 11.2. The number of hydrogen-bond acceptors (Lipinski definition) is 4. The highest BCUT2D eigenvalue weighted by Crippen LogP contribution is 2.17. The summed E-state index contributed by atoms with van der Waals surface area (Å²) in [5.41, 5.74) is 2.12. The normalized spacial score (nSPS) is 10.6. The number of hydrazine groups is 1. The van der Waals surface area contributed by atoms with Crippen LogP contribution in [0.4, 0.5) is 0 Å². The first-order chi connectivity index (χ1) is 8.77. The minimum Gasteiger partial charge on any atom is -0.376 e. The van der Waals surface area contributed by atoms with Gasteiger partial charge in [-0.2, -0.15) is 0 Å². The van der Waals surface area contributed by atoms with Crippen LogP contribution in [0.3, 0.4) is 0 Å². The molecule has 0 radical (unpaired) electrons. The minimum atomic E-state index is -0.245. The first-order valence-electron chi connectivity index (χ1n) is 6.45. The van der Waals surface area contributed by atoms with Crippen LogP contribution in [0.5, 0.6) is 0 Å². The Balaban J connectivity index is 2.12. The van der Waals surface area contributed by atoms with Crippen molar-refractivity contribution in [3.63, 3.8) is 0 Å². The molecule has 1 amide bonds. The average Bonchev–Trinajstić information content (AvgIpc) is 2.85. The Kier molecular flexibility index (Phi) is 7.64. The van der Waals surface area contributed by atoms with E-state index in [4.69, 9.17) is 10.6 Å². The number of rotatable bonds is 9. The van der Waals surface area contributed by atoms with Gasteiger partial charge in [-0.25, -0.2) is 5.84 Å². The van der Waals surface area contributed by atoms with E-state index in [-0.39, 0.29) is 5.91 Å². The zero-order valence-electron chi connectivity index (χ0n) is 10.9. The lowest BCUT2D eigenvalue weighted by Gasteiger charge is -2.02. The molecular formula is C13H22N2O2S. The maximum atomic E-state index is 11.2. The number of nitrogen functional groups attached to an aromatic ring is 1. The molecule has 0 aliphatic rings. The Labute approximate surface area is 112 Å². The van der Waals surface area contributed by atoms with E-state index in [0.29, 0.717) is 11.5 Å². The number of amides is 1. The van der Waals surface area contributed by atoms with E-state index in [1.54, 1.807) is 6.07 Å². The molecule has 0 saturated heterocycles. The van der Waals surface area contributed by atoms with Crippen LogP contribution < -0.4 is 11.3 Å². The van der Waals surface area contributed by atoms with Crippen LogP contribution in [0, 0.1) is 0 Å². The van der Waals surface area contributed by atoms with Gasteiger partial charge in [-0.15, -0.1) is 11.3 Å². The average molecular weight is 270 g/mol. The molecule has 1 heterocycles. The van der Waals surface area contributed by atoms with E-state index >= 15 is 0 Å². The molecule has 1 aromatic heterocycles. The zero-order valence-corrected chi connectivity index (χ0v) is 11.7. The molecule has 0 fully saturated rings. The second kappa shape index (κ2) is 9.08. The highest BCUT2D eigenvalue weighted by Gasteiger charge is 2.07. The van der Waals surface area contributed by atoms with E-state index in [1.807, 2.05) is 6.07 Å². The highest BCUT2D eigenvalue weighted by atomic mass is 32.1. The fraction of sp³-hybridized carbons (Fsp3) is 0.615. The third-order valence-electron chi connectivity index (χ3n) is 2.65. The van der Waals surface area contributed by atoms with Crippen molar-refractivity contribution in [2.75, 3.05) is 6.61 Å². The summed E-state index contributed by atoms with van der Waals surface area (Å²) >= 11 is 1.42. The molecule has 5 heteroatoms. The molecule has 102 valence electrons. The molecule has 0 spiro atoms. The molecule has 18 heavy (non-hydrogen) atoms. The van der Waals surface area contributed by atoms with Crippen LogP contribution in [0.2, 0.25) is 0 Å². The molecule has 0 bridgehead atoms. The van der Waals surface area contributed by atoms with Gasteiger partial charge in [-0.05, 0) is 18.6 Å². The highest BCUT2D eigenvalue weighted by molar-refractivity contribution is 7.14. The number of nitrogens with one attached hydrogen (secondary N) is 1. The zero-order chi connectivity index (χ0) is 13.2. The van der Waals surface area contributed by atoms with Gasteiger partial charge in [0.25, 0.3) is 5.91 Å². The van der Waals surface area contributed by atoms with Gasteiger partial charge in [0.15, 0.2) is 0 Å². The fourth-order valence-corrected chi connectivity index (χ4v) is 2.48. The first-order valence-corrected chi connectivity index (χ1v) is 7.27. The quantitative estimate of drug-likeness (QED) is 0.314. The molecule has 4 nitrogen and oxygen atoms in total. The number of nitrogens with two attached hydrogens (primary N) is 1. The van der Waals surface area contributed by atoms with Gasteiger partial charge in [0, 0.05) is 11.5 Å². The molecule has 1 aromatic rings. The Morgan fingerprint density at radius 2 is 2.11 bits per heavy atom. The van der Waals surface area contributed by atoms with E-state index in [2.05, 4.69) is 12.3 Å². The largest absolute Gasteiger partial charge is 0.376 e. The van der Waals surface area contributed by atoms with Crippen molar-refractivity contribution < 1.29 is 9.53 Å². The fourth-order valence-electron chi connectivity index (χ4n) is 1.63. The van der Waals surface area contributed by atoms with Gasteiger partial charge in [-0.1, -0.05) is 32.6 Å². The molecule has 0 saturated carbocycles. The lowest BCUT2D eigenvalue weighted by molar-refractivity contribution is 0.0957. The molecule has 0 aromatic carbocycles. The van der Waals surface area contributed by atoms with Crippen molar-refractivity contribution in [3.05, 3.63) is 21.9 Å². The van der Waals surface area contributed by atoms with Crippen LogP contribution in [0.15, 0.2) is 12.1 Å². The lowest BCUT2D eigenvalue weighted by atomic mass is 10.2. The third kappa shape index (κ3) is 5.62. The third-order valence-corrected chi connectivity index (χ3v) is 3.71. The SMILES string of the molecule is CCCCCCCOCc1ccc(C(=O)NN)s1. The molecule has 3 N–H and O–H groups in total. The number of carbonyl (C=O) groups excluding carboxylic acids is 1. The van der Waals surface area contributed by atoms with Crippen LogP contribution in [-0.2, 0) is 11.3 Å². The molecule has 0 atom stereocenters. The first kappa shape index (κ1) is 15.1. The van der Waals surface area contributed by atoms with Gasteiger partial charge in [-0.3, -0.25) is 10.2 Å². The van der Waals surface area contributed by atoms with Gasteiger partial charge in [0.2, 0.25) is 0 Å². The summed E-state index contributed by atoms with van der Waals surface area (Å²) in [6.45, 7) is 3.58. The second-order valence-corrected chi connectivity index (χ2v) is 5.37. The predicted molar refractivity (Wildman–Crippen MR) is 74.4 cm³/mol. The lowest BCUT2D eigenvalue weighted by Crippen LogP contribution is -2.29. The number of hydrogen-bond donors (Lipinski definition) is 2. The molecular weight excluding hydrogens is 248 g/mol. The molecule has 0 aliphatic carbocycles. The van der Waals surface area contributed by atoms with Crippen molar-refractivity contribution in [1.29, 1.82) is 0 Å². The standard InChI is InChI=1S/C13H22N2O2S/c1-2-3-4-5-6-9-17-10-11-7-8-12(18-11)13(16)15-14/h7-8H,2-6,9-10,14H2,1H3,(H,15,16). The monoisotopic (exact) mass is 270 g/mol. The summed E-state index contributed by atoms with van der Waals surface area (Å²) < 4.78 is 5.57. The topological polar surface area (TPSA) is 64.3 Å². The summed E-state index contributed by atoms with van der Waals surface area (Å²) in [4.78, 5) is 12.9. The minimum absolute atomic E-state index is 0.245. The number of carbonyl (C=O) groups is 1. The maximum Gasteiger partial charge on any atom is 0.275 e. The Morgan fingerprint density at radius 3 is 2.83 bits per heavy atom. The molecule has 0 unspecified atom stereocenters. The molecule has 1 rings (SSSR count). The van der Waals surface area contributed by atoms with Gasteiger partial charge < -0.3 is 4.74 Å². The predicted octanol–water partition coefficient (Wildman–Crippen LogP) is 2.84. The summed E-state index contributed by atoms with van der Waals surface area (Å²) in [7, 11) is 0. The van der Waals surface area contributed by atoms with Crippen molar-refractivity contribution in [3.8, 4) is 0 Å². The van der Waals surface area contributed by atoms with Gasteiger partial charge in [0.1, 0.15) is 0 Å². The van der Waals surface area contributed by atoms with Gasteiger partial charge >= 0.3 is 0 Å². The van der Waals surface area contributed by atoms with Crippen LogP contribution in [-0.4, -0.2) is 12.5 Å². The van der Waals surface area contributed by atoms with Crippen molar-refractivity contribution in [2.45, 2.75) is 45.6 Å². The Bertz CT molecular complexity index is 353. The number of thiophene rings is 1. The van der Waals surface area contributed by atoms with E-state index in [0.717, 1.165) is 17.9 Å². The summed E-state index contributed by atoms with van der Waals surface area (Å²) in [5, 5.41) is 0. The second-order valence-electron chi connectivity index (χ2n) is 4.21. The number of unbranched alkanes of at least 4 members (excludes halogenated alkanes) is 4. The molecule has 0 aliphatic heterocycles. The van der Waals surface area contributed by atoms with Crippen LogP contribution in [0.25, 0.3) is 0 Å². The van der Waals surface area contributed by atoms with Gasteiger partial charge in [0.05, 0.1) is 11.5 Å². The number of ether oxygens (including phenoxy) is 1. The van der Waals surface area contributed by atoms with E-state index < -0.39 is 0 Å². The smallest absolute Gasteiger partial charge is 0.275 e. The van der Waals surface area contributed by atoms with E-state index in [9.17, 15) is 4.79 Å². The summed E-state index contributed by atoms with van der Waals surface area (Å²) in [6, 6.07) is 3.68.